The van der Waals surface area contributed by atoms with Crippen molar-refractivity contribution in [3.05, 3.63) is 93.6 Å². The summed E-state index contributed by atoms with van der Waals surface area (Å²) in [5.74, 6) is -1.02. The Kier molecular flexibility index (Phi) is 12.0. The average molecular weight is 690 g/mol. The molecule has 0 aliphatic heterocycles. The SMILES string of the molecule is Cc1c(CC(F)(F)F)ccnc1C[S+]([O-])c1nc2c(COC(=O)CCC(=O)N(Cc3ccccc3)CC(C)(C)SN=O)cccc2[nH]1. The van der Waals surface area contributed by atoms with Crippen molar-refractivity contribution in [3.63, 3.8) is 0 Å². The predicted molar refractivity (Wildman–Crippen MR) is 173 cm³/mol. The molecular formula is C32H34F3N5O5S2. The van der Waals surface area contributed by atoms with Crippen LogP contribution in [0, 0.1) is 11.8 Å². The molecule has 10 nitrogen and oxygen atoms in total. The number of esters is 1. The van der Waals surface area contributed by atoms with E-state index < -0.39 is 34.5 Å². The first-order chi connectivity index (χ1) is 22.2. The van der Waals surface area contributed by atoms with Gasteiger partial charge in [0, 0.05) is 59.0 Å². The molecule has 0 radical (unpaired) electrons. The molecule has 1 amide bonds. The number of hydrogen-bond acceptors (Lipinski definition) is 9. The number of nitrogens with zero attached hydrogens (tertiary/aromatic N) is 4. The molecule has 4 rings (SSSR count). The second kappa shape index (κ2) is 15.8. The molecule has 2 heterocycles. The molecule has 1 unspecified atom stereocenters. The zero-order valence-corrected chi connectivity index (χ0v) is 27.6. The first kappa shape index (κ1) is 35.9. The van der Waals surface area contributed by atoms with Crippen molar-refractivity contribution < 1.29 is 32.0 Å². The maximum absolute atomic E-state index is 13.2. The van der Waals surface area contributed by atoms with Crippen LogP contribution in [0.1, 0.15) is 54.6 Å². The van der Waals surface area contributed by atoms with Gasteiger partial charge in [-0.1, -0.05) is 42.5 Å². The molecule has 250 valence electrons. The number of halogens is 3. The van der Waals surface area contributed by atoms with E-state index in [1.54, 1.807) is 23.1 Å². The van der Waals surface area contributed by atoms with E-state index in [0.29, 0.717) is 28.7 Å². The lowest BCUT2D eigenvalue weighted by atomic mass is 10.1. The van der Waals surface area contributed by atoms with E-state index >= 15 is 0 Å². The number of rotatable bonds is 15. The van der Waals surface area contributed by atoms with E-state index in [-0.39, 0.29) is 54.1 Å². The van der Waals surface area contributed by atoms with E-state index in [4.69, 9.17) is 4.74 Å². The lowest BCUT2D eigenvalue weighted by molar-refractivity contribution is -0.147. The highest BCUT2D eigenvalue weighted by Crippen LogP contribution is 2.28. The number of ether oxygens (including phenoxy) is 1. The van der Waals surface area contributed by atoms with Gasteiger partial charge in [0.15, 0.2) is 5.75 Å². The van der Waals surface area contributed by atoms with Gasteiger partial charge in [0.2, 0.25) is 5.91 Å². The Balaban J connectivity index is 1.37. The Hall–Kier alpha value is -3.95. The monoisotopic (exact) mass is 689 g/mol. The van der Waals surface area contributed by atoms with Crippen LogP contribution >= 0.6 is 11.9 Å². The number of nitroso groups, excluding NO2 is 1. The summed E-state index contributed by atoms with van der Waals surface area (Å²) >= 11 is -0.908. The number of imidazole rings is 1. The number of fused-ring (bicyclic) bond motifs is 1. The fourth-order valence-electron chi connectivity index (χ4n) is 4.89. The summed E-state index contributed by atoms with van der Waals surface area (Å²) in [5.41, 5.74) is 3.06. The van der Waals surface area contributed by atoms with E-state index in [1.807, 2.05) is 44.2 Å². The Morgan fingerprint density at radius 3 is 2.51 bits per heavy atom. The highest BCUT2D eigenvalue weighted by atomic mass is 32.2. The van der Waals surface area contributed by atoms with Crippen molar-refractivity contribution in [2.24, 2.45) is 4.58 Å². The molecule has 0 aliphatic rings. The van der Waals surface area contributed by atoms with Gasteiger partial charge in [0.1, 0.15) is 12.1 Å². The fraction of sp³-hybridized carbons (Fsp3) is 0.375. The van der Waals surface area contributed by atoms with Gasteiger partial charge in [-0.25, -0.2) is 0 Å². The Morgan fingerprint density at radius 2 is 1.81 bits per heavy atom. The van der Waals surface area contributed by atoms with E-state index in [2.05, 4.69) is 19.5 Å². The van der Waals surface area contributed by atoms with Gasteiger partial charge < -0.3 is 14.2 Å². The predicted octanol–water partition coefficient (Wildman–Crippen LogP) is 6.72. The van der Waals surface area contributed by atoms with Crippen molar-refractivity contribution in [1.82, 2.24) is 19.9 Å². The van der Waals surface area contributed by atoms with Gasteiger partial charge in [0.25, 0.3) is 0 Å². The third-order valence-electron chi connectivity index (χ3n) is 7.23. The minimum atomic E-state index is -4.38. The van der Waals surface area contributed by atoms with Crippen LogP contribution in [0.4, 0.5) is 13.2 Å². The number of aromatic nitrogens is 3. The van der Waals surface area contributed by atoms with Gasteiger partial charge in [-0.15, -0.1) is 4.91 Å². The first-order valence-electron chi connectivity index (χ1n) is 14.6. The van der Waals surface area contributed by atoms with Gasteiger partial charge in [-0.2, -0.15) is 18.2 Å². The second-order valence-electron chi connectivity index (χ2n) is 11.5. The molecule has 2 aromatic heterocycles. The Morgan fingerprint density at radius 1 is 1.06 bits per heavy atom. The number of hydrogen-bond donors (Lipinski definition) is 1. The standard InChI is InChI=1S/C32H34F3N5O5S2/c1-21-23(16-32(33,34)35)14-15-36-26(21)19-47(44)30-37-25-11-7-10-24(29(25)38-30)18-45-28(42)13-12-27(41)40(20-31(2,3)46-39-43)17-22-8-5-4-6-9-22/h4-11,14-15H,12-13,16-20H2,1-3H3,(H,37,38). The number of pyridine rings is 1. The van der Waals surface area contributed by atoms with Crippen molar-refractivity contribution in [2.45, 2.75) is 75.0 Å². The number of carbonyl (C=O) groups excluding carboxylic acids is 2. The zero-order chi connectivity index (χ0) is 34.2. The number of nitrogens with one attached hydrogen (secondary N) is 1. The third kappa shape index (κ3) is 10.5. The van der Waals surface area contributed by atoms with Crippen molar-refractivity contribution in [1.29, 1.82) is 0 Å². The molecule has 1 atom stereocenters. The topological polar surface area (TPSA) is 141 Å². The minimum absolute atomic E-state index is 0.0665. The van der Waals surface area contributed by atoms with Crippen LogP contribution in [0.15, 0.2) is 70.5 Å². The lowest BCUT2D eigenvalue weighted by Gasteiger charge is -2.30. The van der Waals surface area contributed by atoms with Gasteiger partial charge in [-0.05, 0) is 49.6 Å². The summed E-state index contributed by atoms with van der Waals surface area (Å²) in [6.07, 6.45) is -4.50. The maximum atomic E-state index is 13.2. The zero-order valence-electron chi connectivity index (χ0n) is 26.0. The second-order valence-corrected chi connectivity index (χ2v) is 14.3. The third-order valence-corrected chi connectivity index (χ3v) is 9.08. The number of amides is 1. The summed E-state index contributed by atoms with van der Waals surface area (Å²) in [6.45, 7) is 5.53. The number of benzene rings is 2. The quantitative estimate of drug-likeness (QED) is 0.0628. The smallest absolute Gasteiger partial charge is 0.393 e. The van der Waals surface area contributed by atoms with Crippen LogP contribution < -0.4 is 0 Å². The van der Waals surface area contributed by atoms with Crippen LogP contribution in [-0.2, 0) is 50.8 Å². The number of carbonyl (C=O) groups is 2. The molecule has 0 saturated carbocycles. The lowest BCUT2D eigenvalue weighted by Crippen LogP contribution is -2.40. The summed E-state index contributed by atoms with van der Waals surface area (Å²) in [6, 6.07) is 15.8. The normalized spacial score (nSPS) is 12.6. The summed E-state index contributed by atoms with van der Waals surface area (Å²) in [7, 11) is 0. The van der Waals surface area contributed by atoms with Crippen molar-refractivity contribution >= 4 is 46.0 Å². The van der Waals surface area contributed by atoms with Gasteiger partial charge in [0.05, 0.1) is 28.8 Å². The number of alkyl halides is 3. The molecule has 2 aromatic carbocycles. The largest absolute Gasteiger partial charge is 0.609 e. The molecule has 0 saturated heterocycles. The molecular weight excluding hydrogens is 656 g/mol. The highest BCUT2D eigenvalue weighted by Gasteiger charge is 2.30. The van der Waals surface area contributed by atoms with Crippen LogP contribution in [-0.4, -0.2) is 53.7 Å². The van der Waals surface area contributed by atoms with E-state index in [0.717, 1.165) is 17.5 Å². The van der Waals surface area contributed by atoms with Crippen molar-refractivity contribution in [2.75, 3.05) is 6.54 Å². The molecule has 0 spiro atoms. The minimum Gasteiger partial charge on any atom is -0.609 e. The van der Waals surface area contributed by atoms with E-state index in [1.165, 1.54) is 19.2 Å². The first-order valence-corrected chi connectivity index (χ1v) is 16.7. The van der Waals surface area contributed by atoms with Gasteiger partial charge >= 0.3 is 17.3 Å². The fourth-order valence-corrected chi connectivity index (χ4v) is 6.39. The Bertz CT molecular complexity index is 1700. The van der Waals surface area contributed by atoms with Crippen LogP contribution in [0.25, 0.3) is 11.0 Å². The Labute approximate surface area is 277 Å². The molecule has 0 fully saturated rings. The van der Waals surface area contributed by atoms with Crippen LogP contribution in [0.2, 0.25) is 0 Å². The van der Waals surface area contributed by atoms with E-state index in [9.17, 15) is 32.2 Å². The molecule has 0 aliphatic carbocycles. The molecule has 0 bridgehead atoms. The maximum Gasteiger partial charge on any atom is 0.393 e. The summed E-state index contributed by atoms with van der Waals surface area (Å²) < 4.78 is 59.8. The molecule has 4 aromatic rings. The summed E-state index contributed by atoms with van der Waals surface area (Å²) in [5, 5.41) is 0.108. The number of para-hydroxylation sites is 1. The van der Waals surface area contributed by atoms with Crippen molar-refractivity contribution in [3.8, 4) is 0 Å². The number of H-pyrrole nitrogens is 1. The average Bonchev–Trinajstić information content (AvgIpc) is 3.45. The molecule has 15 heteroatoms. The molecule has 1 N–H and O–H groups in total. The van der Waals surface area contributed by atoms with Gasteiger partial charge in [-0.3, -0.25) is 19.6 Å². The highest BCUT2D eigenvalue weighted by molar-refractivity contribution is 7.99. The summed E-state index contributed by atoms with van der Waals surface area (Å²) in [4.78, 5) is 49.9. The van der Waals surface area contributed by atoms with Crippen LogP contribution in [0.5, 0.6) is 0 Å². The number of aromatic amines is 1. The molecule has 47 heavy (non-hydrogen) atoms. The van der Waals surface area contributed by atoms with Crippen LogP contribution in [0.3, 0.4) is 0 Å².